The Kier molecular flexibility index (Phi) is 11.3. The quantitative estimate of drug-likeness (QED) is 0.167. The third-order valence-corrected chi connectivity index (χ3v) is 9.80. The Morgan fingerprint density at radius 2 is 0.766 bits per heavy atom. The second-order valence-electron chi connectivity index (χ2n) is 13.2. The Balaban J connectivity index is 0.000000190. The van der Waals surface area contributed by atoms with Gasteiger partial charge in [0.25, 0.3) is 0 Å². The summed E-state index contributed by atoms with van der Waals surface area (Å²) < 4.78 is 0. The summed E-state index contributed by atoms with van der Waals surface area (Å²) in [6.07, 6.45) is 0. The smallest absolute Gasteiger partial charge is 0.126 e. The van der Waals surface area contributed by atoms with Gasteiger partial charge in [0, 0.05) is 33.5 Å². The molecule has 0 radical (unpaired) electrons. The second-order valence-corrected chi connectivity index (χ2v) is 13.2. The zero-order valence-electron chi connectivity index (χ0n) is 31.0. The summed E-state index contributed by atoms with van der Waals surface area (Å²) in [4.78, 5) is 22.9. The average Bonchev–Trinajstić information content (AvgIpc) is 2.97. The Morgan fingerprint density at radius 3 is 1.32 bits per heavy atom. The van der Waals surface area contributed by atoms with Crippen molar-refractivity contribution in [1.29, 1.82) is 0 Å². The van der Waals surface area contributed by atoms with E-state index in [2.05, 4.69) is 135 Å². The number of hydrogen-bond acceptors (Lipinski definition) is 5. The number of nitrogens with zero attached hydrogens (tertiary/aromatic N) is 5. The van der Waals surface area contributed by atoms with Gasteiger partial charge in [-0.25, -0.2) is 9.97 Å². The highest BCUT2D eigenvalue weighted by Crippen LogP contribution is 2.30. The van der Waals surface area contributed by atoms with Gasteiger partial charge in [-0.15, -0.1) is 0 Å². The SMILES string of the molecule is C.Cc1cc(C)c2nc(C)c(C)c(C)c2c1C.Cc1cc(C)c2nc(C)c(C)c(C)c2n1.Cc1nc(C)c2c(C)c(C)cc(C)c2n1. The molecule has 0 atom stereocenters. The zero-order valence-corrected chi connectivity index (χ0v) is 31.0. The highest BCUT2D eigenvalue weighted by molar-refractivity contribution is 5.90. The van der Waals surface area contributed by atoms with E-state index >= 15 is 0 Å². The summed E-state index contributed by atoms with van der Waals surface area (Å²) in [5, 5.41) is 2.57. The molecule has 6 rings (SSSR count). The average molecular weight is 630 g/mol. The predicted molar refractivity (Wildman–Crippen MR) is 203 cm³/mol. The maximum absolute atomic E-state index is 4.74. The van der Waals surface area contributed by atoms with Crippen molar-refractivity contribution < 1.29 is 0 Å². The van der Waals surface area contributed by atoms with E-state index in [1.165, 1.54) is 77.5 Å². The molecule has 0 saturated heterocycles. The maximum atomic E-state index is 4.74. The third-order valence-electron chi connectivity index (χ3n) is 9.80. The van der Waals surface area contributed by atoms with Crippen molar-refractivity contribution >= 4 is 32.8 Å². The molecule has 4 heterocycles. The van der Waals surface area contributed by atoms with Crippen LogP contribution in [0.2, 0.25) is 0 Å². The number of rotatable bonds is 0. The van der Waals surface area contributed by atoms with Crippen molar-refractivity contribution in [2.75, 3.05) is 0 Å². The molecule has 5 nitrogen and oxygen atoms in total. The first-order valence-electron chi connectivity index (χ1n) is 16.2. The Hall–Kier alpha value is -4.25. The fraction of sp³-hybridized carbons (Fsp3) is 0.405. The molecule has 0 bridgehead atoms. The van der Waals surface area contributed by atoms with Crippen molar-refractivity contribution in [3.63, 3.8) is 0 Å². The molecule has 0 saturated carbocycles. The molecular formula is C42H55N5. The molecule has 0 aliphatic carbocycles. The van der Waals surface area contributed by atoms with Crippen LogP contribution in [-0.2, 0) is 0 Å². The van der Waals surface area contributed by atoms with Crippen molar-refractivity contribution in [2.24, 2.45) is 0 Å². The van der Waals surface area contributed by atoms with E-state index in [1.54, 1.807) is 0 Å². The van der Waals surface area contributed by atoms with Gasteiger partial charge in [0.1, 0.15) is 5.82 Å². The van der Waals surface area contributed by atoms with Gasteiger partial charge in [-0.1, -0.05) is 19.6 Å². The van der Waals surface area contributed by atoms with Crippen LogP contribution in [0.25, 0.3) is 32.8 Å². The van der Waals surface area contributed by atoms with E-state index in [4.69, 9.17) is 4.98 Å². The molecule has 0 spiro atoms. The van der Waals surface area contributed by atoms with E-state index in [1.807, 2.05) is 13.8 Å². The van der Waals surface area contributed by atoms with Crippen LogP contribution in [0.15, 0.2) is 18.2 Å². The molecule has 4 aromatic heterocycles. The number of hydrogen-bond donors (Lipinski definition) is 0. The van der Waals surface area contributed by atoms with E-state index in [9.17, 15) is 0 Å². The highest BCUT2D eigenvalue weighted by atomic mass is 14.9. The van der Waals surface area contributed by atoms with E-state index < -0.39 is 0 Å². The lowest BCUT2D eigenvalue weighted by atomic mass is 9.94. The summed E-state index contributed by atoms with van der Waals surface area (Å²) >= 11 is 0. The lowest BCUT2D eigenvalue weighted by Crippen LogP contribution is -1.98. The first-order valence-corrected chi connectivity index (χ1v) is 16.2. The van der Waals surface area contributed by atoms with Crippen LogP contribution in [-0.4, -0.2) is 24.9 Å². The Morgan fingerprint density at radius 1 is 0.319 bits per heavy atom. The highest BCUT2D eigenvalue weighted by Gasteiger charge is 2.12. The van der Waals surface area contributed by atoms with Crippen molar-refractivity contribution in [2.45, 2.75) is 118 Å². The lowest BCUT2D eigenvalue weighted by Gasteiger charge is -2.14. The summed E-state index contributed by atoms with van der Waals surface area (Å²) in [6.45, 7) is 33.8. The van der Waals surface area contributed by atoms with Crippen LogP contribution >= 0.6 is 0 Å². The topological polar surface area (TPSA) is 64.5 Å². The van der Waals surface area contributed by atoms with Crippen LogP contribution in [0.5, 0.6) is 0 Å². The summed E-state index contributed by atoms with van der Waals surface area (Å²) in [5.41, 5.74) is 23.0. The van der Waals surface area contributed by atoms with Crippen molar-refractivity contribution in [3.05, 3.63) is 108 Å². The summed E-state index contributed by atoms with van der Waals surface area (Å²) in [6, 6.07) is 6.52. The largest absolute Gasteiger partial charge is 0.253 e. The maximum Gasteiger partial charge on any atom is 0.126 e. The van der Waals surface area contributed by atoms with Gasteiger partial charge in [-0.3, -0.25) is 15.0 Å². The van der Waals surface area contributed by atoms with E-state index in [-0.39, 0.29) is 7.43 Å². The first-order chi connectivity index (χ1) is 21.4. The summed E-state index contributed by atoms with van der Waals surface area (Å²) in [5.74, 6) is 0.853. The lowest BCUT2D eigenvalue weighted by molar-refractivity contribution is 1.04. The van der Waals surface area contributed by atoms with Crippen molar-refractivity contribution in [1.82, 2.24) is 24.9 Å². The number of pyridine rings is 3. The Labute approximate surface area is 283 Å². The minimum Gasteiger partial charge on any atom is -0.253 e. The molecule has 0 amide bonds. The van der Waals surface area contributed by atoms with Gasteiger partial charge in [0.15, 0.2) is 0 Å². The molecule has 248 valence electrons. The van der Waals surface area contributed by atoms with Crippen LogP contribution in [0.1, 0.15) is 97.2 Å². The molecule has 0 N–H and O–H groups in total. The minimum absolute atomic E-state index is 0. The third kappa shape index (κ3) is 7.20. The van der Waals surface area contributed by atoms with Gasteiger partial charge in [-0.2, -0.15) is 0 Å². The summed E-state index contributed by atoms with van der Waals surface area (Å²) in [7, 11) is 0. The molecule has 0 aliphatic heterocycles. The van der Waals surface area contributed by atoms with E-state index in [0.717, 1.165) is 45.2 Å². The molecule has 2 aromatic carbocycles. The second kappa shape index (κ2) is 14.3. The fourth-order valence-corrected chi connectivity index (χ4v) is 6.47. The van der Waals surface area contributed by atoms with Crippen molar-refractivity contribution in [3.8, 4) is 0 Å². The van der Waals surface area contributed by atoms with Crippen LogP contribution < -0.4 is 0 Å². The number of aromatic nitrogens is 5. The normalized spacial score (nSPS) is 10.8. The molecule has 47 heavy (non-hydrogen) atoms. The van der Waals surface area contributed by atoms with Crippen LogP contribution in [0.3, 0.4) is 0 Å². The predicted octanol–water partition coefficient (Wildman–Crippen LogP) is 11.1. The molecule has 0 aliphatic rings. The molecular weight excluding hydrogens is 574 g/mol. The van der Waals surface area contributed by atoms with Gasteiger partial charge in [-0.05, 0) is 178 Å². The van der Waals surface area contributed by atoms with Gasteiger partial charge < -0.3 is 0 Å². The van der Waals surface area contributed by atoms with Gasteiger partial charge >= 0.3 is 0 Å². The standard InChI is InChI=1S/C15H19N.2C13H16N2.CH4/c1-8-7-9(2)15-14(10(8)3)12(5)11(4)13(6)16-15;1-7-6-8(2)14-13-10(4)9(3)11(5)15-12(7)13;1-7-6-8(2)13-12(9(7)3)10(4)14-11(5)15-13;/h7H,1-6H3;2*6H,1-5H3;1H4. The molecule has 5 heteroatoms. The molecule has 6 aromatic rings. The molecule has 0 unspecified atom stereocenters. The number of benzene rings is 2. The fourth-order valence-electron chi connectivity index (χ4n) is 6.47. The Bertz CT molecular complexity index is 2150. The van der Waals surface area contributed by atoms with Gasteiger partial charge in [0.2, 0.25) is 0 Å². The first kappa shape index (κ1) is 37.2. The monoisotopic (exact) mass is 629 g/mol. The van der Waals surface area contributed by atoms with Crippen LogP contribution in [0, 0.1) is 111 Å². The molecule has 0 fully saturated rings. The number of aryl methyl sites for hydroxylation is 14. The zero-order chi connectivity index (χ0) is 34.4. The van der Waals surface area contributed by atoms with Gasteiger partial charge in [0.05, 0.1) is 22.1 Å². The minimum atomic E-state index is 0. The van der Waals surface area contributed by atoms with E-state index in [0.29, 0.717) is 0 Å². The van der Waals surface area contributed by atoms with Crippen LogP contribution in [0.4, 0.5) is 0 Å². The number of fused-ring (bicyclic) bond motifs is 3.